The molecule has 0 saturated carbocycles. The van der Waals surface area contributed by atoms with E-state index in [1.807, 2.05) is 31.5 Å². The van der Waals surface area contributed by atoms with Crippen LogP contribution in [0, 0.1) is 19.8 Å². The first-order valence-electron chi connectivity index (χ1n) is 7.83. The van der Waals surface area contributed by atoms with E-state index >= 15 is 0 Å². The molecule has 1 aliphatic rings. The minimum Gasteiger partial charge on any atom is -0.393 e. The summed E-state index contributed by atoms with van der Waals surface area (Å²) >= 11 is 0. The Morgan fingerprint density at radius 1 is 1.27 bits per heavy atom. The van der Waals surface area contributed by atoms with Gasteiger partial charge in [-0.2, -0.15) is 5.10 Å². The third-order valence-electron chi connectivity index (χ3n) is 4.30. The van der Waals surface area contributed by atoms with Crippen molar-refractivity contribution in [3.63, 3.8) is 0 Å². The second kappa shape index (κ2) is 6.04. The van der Waals surface area contributed by atoms with Crippen molar-refractivity contribution in [3.8, 4) is 5.82 Å². The Morgan fingerprint density at radius 3 is 2.73 bits per heavy atom. The van der Waals surface area contributed by atoms with Crippen LogP contribution >= 0.6 is 0 Å². The molecular weight excluding hydrogens is 278 g/mol. The molecule has 1 aliphatic heterocycles. The molecule has 0 bridgehead atoms. The molecule has 0 radical (unpaired) electrons. The number of aliphatic hydroxyl groups is 1. The number of piperidine rings is 1. The number of anilines is 1. The molecule has 1 fully saturated rings. The van der Waals surface area contributed by atoms with Crippen molar-refractivity contribution in [1.29, 1.82) is 0 Å². The molecule has 2 aromatic heterocycles. The molecule has 6 nitrogen and oxygen atoms in total. The lowest BCUT2D eigenvalue weighted by atomic mass is 9.93. The van der Waals surface area contributed by atoms with Gasteiger partial charge in [0.1, 0.15) is 5.82 Å². The molecule has 1 N–H and O–H groups in total. The van der Waals surface area contributed by atoms with Gasteiger partial charge < -0.3 is 10.0 Å². The lowest BCUT2D eigenvalue weighted by Crippen LogP contribution is -2.40. The van der Waals surface area contributed by atoms with Gasteiger partial charge in [-0.1, -0.05) is 0 Å². The van der Waals surface area contributed by atoms with Crippen molar-refractivity contribution in [1.82, 2.24) is 19.7 Å². The fourth-order valence-electron chi connectivity index (χ4n) is 3.07. The maximum atomic E-state index is 9.84. The quantitative estimate of drug-likeness (QED) is 0.937. The topological polar surface area (TPSA) is 67.1 Å². The van der Waals surface area contributed by atoms with Crippen LogP contribution in [0.15, 0.2) is 18.5 Å². The Hall–Kier alpha value is -1.95. The van der Waals surface area contributed by atoms with E-state index in [2.05, 4.69) is 15.0 Å². The van der Waals surface area contributed by atoms with Crippen LogP contribution in [0.2, 0.25) is 0 Å². The van der Waals surface area contributed by atoms with Crippen molar-refractivity contribution < 1.29 is 5.11 Å². The van der Waals surface area contributed by atoms with Gasteiger partial charge in [-0.15, -0.1) is 0 Å². The van der Waals surface area contributed by atoms with E-state index in [4.69, 9.17) is 4.98 Å². The maximum absolute atomic E-state index is 9.84. The third-order valence-corrected chi connectivity index (χ3v) is 4.30. The van der Waals surface area contributed by atoms with Crippen LogP contribution in [0.25, 0.3) is 5.82 Å². The lowest BCUT2D eigenvalue weighted by Gasteiger charge is -2.34. The zero-order valence-electron chi connectivity index (χ0n) is 13.4. The number of aliphatic hydroxyl groups excluding tert-OH is 1. The minimum absolute atomic E-state index is 0.282. The van der Waals surface area contributed by atoms with E-state index in [-0.39, 0.29) is 6.10 Å². The van der Waals surface area contributed by atoms with Gasteiger partial charge >= 0.3 is 0 Å². The molecule has 2 atom stereocenters. The molecule has 3 rings (SSSR count). The average molecular weight is 301 g/mol. The summed E-state index contributed by atoms with van der Waals surface area (Å²) < 4.78 is 1.82. The highest BCUT2D eigenvalue weighted by Gasteiger charge is 2.24. The number of nitrogens with zero attached hydrogens (tertiary/aromatic N) is 5. The fraction of sp³-hybridized carbons (Fsp3) is 0.562. The molecule has 0 amide bonds. The van der Waals surface area contributed by atoms with Crippen LogP contribution in [-0.4, -0.2) is 44.0 Å². The number of hydrogen-bond acceptors (Lipinski definition) is 5. The van der Waals surface area contributed by atoms with Gasteiger partial charge in [0, 0.05) is 24.7 Å². The maximum Gasteiger partial charge on any atom is 0.174 e. The molecule has 22 heavy (non-hydrogen) atoms. The highest BCUT2D eigenvalue weighted by atomic mass is 16.3. The van der Waals surface area contributed by atoms with Crippen LogP contribution in [-0.2, 0) is 0 Å². The minimum atomic E-state index is -0.282. The number of hydrogen-bond donors (Lipinski definition) is 1. The molecule has 1 saturated heterocycles. The van der Waals surface area contributed by atoms with Crippen LogP contribution in [0.4, 0.5) is 5.82 Å². The molecule has 2 aromatic rings. The van der Waals surface area contributed by atoms with E-state index < -0.39 is 0 Å². The molecule has 2 unspecified atom stereocenters. The lowest BCUT2D eigenvalue weighted by molar-refractivity contribution is 0.115. The Morgan fingerprint density at radius 2 is 2.05 bits per heavy atom. The van der Waals surface area contributed by atoms with Crippen molar-refractivity contribution >= 4 is 5.82 Å². The molecule has 0 spiro atoms. The second-order valence-electron chi connectivity index (χ2n) is 6.16. The summed E-state index contributed by atoms with van der Waals surface area (Å²) in [6, 6.07) is 2.03. The smallest absolute Gasteiger partial charge is 0.174 e. The van der Waals surface area contributed by atoms with Crippen LogP contribution < -0.4 is 4.90 Å². The van der Waals surface area contributed by atoms with E-state index in [0.29, 0.717) is 5.92 Å². The monoisotopic (exact) mass is 301 g/mol. The second-order valence-corrected chi connectivity index (χ2v) is 6.16. The Kier molecular flexibility index (Phi) is 4.11. The van der Waals surface area contributed by atoms with Gasteiger partial charge in [0.2, 0.25) is 0 Å². The zero-order valence-corrected chi connectivity index (χ0v) is 13.4. The van der Waals surface area contributed by atoms with Crippen molar-refractivity contribution in [2.24, 2.45) is 5.92 Å². The predicted octanol–water partition coefficient (Wildman–Crippen LogP) is 1.88. The zero-order chi connectivity index (χ0) is 15.7. The summed E-state index contributed by atoms with van der Waals surface area (Å²) in [5, 5.41) is 14.3. The largest absolute Gasteiger partial charge is 0.393 e. The van der Waals surface area contributed by atoms with Crippen molar-refractivity contribution in [2.45, 2.75) is 39.7 Å². The van der Waals surface area contributed by atoms with Gasteiger partial charge in [0.15, 0.2) is 5.82 Å². The molecule has 3 heterocycles. The van der Waals surface area contributed by atoms with E-state index in [1.54, 1.807) is 12.4 Å². The summed E-state index contributed by atoms with van der Waals surface area (Å²) in [7, 11) is 0. The van der Waals surface area contributed by atoms with E-state index in [1.165, 1.54) is 0 Å². The van der Waals surface area contributed by atoms with Crippen molar-refractivity contribution in [3.05, 3.63) is 29.8 Å². The summed E-state index contributed by atoms with van der Waals surface area (Å²) in [5.74, 6) is 1.89. The third kappa shape index (κ3) is 2.97. The average Bonchev–Trinajstić information content (AvgIpc) is 2.86. The molecule has 6 heteroatoms. The summed E-state index contributed by atoms with van der Waals surface area (Å²) in [6.45, 7) is 7.63. The summed E-state index contributed by atoms with van der Waals surface area (Å²) in [4.78, 5) is 11.3. The van der Waals surface area contributed by atoms with Crippen LogP contribution in [0.3, 0.4) is 0 Å². The summed E-state index contributed by atoms with van der Waals surface area (Å²) in [5.41, 5.74) is 2.02. The molecule has 118 valence electrons. The first-order chi connectivity index (χ1) is 10.5. The van der Waals surface area contributed by atoms with E-state index in [9.17, 15) is 5.11 Å². The van der Waals surface area contributed by atoms with Crippen LogP contribution in [0.1, 0.15) is 31.2 Å². The first kappa shape index (κ1) is 15.0. The van der Waals surface area contributed by atoms with E-state index in [0.717, 1.165) is 49.0 Å². The predicted molar refractivity (Wildman–Crippen MR) is 85.2 cm³/mol. The van der Waals surface area contributed by atoms with Gasteiger partial charge in [-0.3, -0.25) is 4.98 Å². The highest BCUT2D eigenvalue weighted by molar-refractivity contribution is 5.40. The number of aromatic nitrogens is 4. The standard InChI is InChI=1S/C16H23N5O/c1-11-7-12(2)21(19-11)16-9-17-8-15(18-16)20-6-4-5-14(10-20)13(3)22/h7-9,13-14,22H,4-6,10H2,1-3H3. The first-order valence-corrected chi connectivity index (χ1v) is 7.83. The Bertz CT molecular complexity index is 652. The molecular formula is C16H23N5O. The summed E-state index contributed by atoms with van der Waals surface area (Å²) in [6.07, 6.45) is 5.38. The number of rotatable bonds is 3. The molecule has 0 aliphatic carbocycles. The van der Waals surface area contributed by atoms with Gasteiger partial charge in [-0.25, -0.2) is 9.67 Å². The number of aryl methyl sites for hydroxylation is 2. The normalized spacial score (nSPS) is 20.2. The Labute approximate surface area is 130 Å². The van der Waals surface area contributed by atoms with Gasteiger partial charge in [0.05, 0.1) is 24.2 Å². The fourth-order valence-corrected chi connectivity index (χ4v) is 3.07. The highest BCUT2D eigenvalue weighted by Crippen LogP contribution is 2.24. The Balaban J connectivity index is 1.86. The van der Waals surface area contributed by atoms with Gasteiger partial charge in [0.25, 0.3) is 0 Å². The van der Waals surface area contributed by atoms with Crippen molar-refractivity contribution in [2.75, 3.05) is 18.0 Å². The van der Waals surface area contributed by atoms with Crippen LogP contribution in [0.5, 0.6) is 0 Å². The molecule has 0 aromatic carbocycles. The SMILES string of the molecule is Cc1cc(C)n(-c2cncc(N3CCCC(C(C)O)C3)n2)n1. The van der Waals surface area contributed by atoms with Gasteiger partial charge in [-0.05, 0) is 39.7 Å².